The average Bonchev–Trinajstić information content (AvgIpc) is 3.91. The molecule has 0 aliphatic carbocycles. The van der Waals surface area contributed by atoms with Crippen molar-refractivity contribution in [1.29, 1.82) is 0 Å². The number of benzene rings is 2. The van der Waals surface area contributed by atoms with Crippen molar-refractivity contribution in [3.8, 4) is 0 Å². The molecule has 10 rings (SSSR count). The molecule has 18 heteroatoms. The number of hydrogen-bond acceptors (Lipinski definition) is 12. The minimum absolute atomic E-state index is 0. The molecular weight excluding hydrogens is 918 g/mol. The molecule has 3 N–H and O–H groups in total. The van der Waals surface area contributed by atoms with Gasteiger partial charge in [-0.2, -0.15) is 0 Å². The van der Waals surface area contributed by atoms with E-state index in [-0.39, 0.29) is 64.9 Å². The number of nitrogens with one attached hydrogen (secondary N) is 1. The number of rotatable bonds is 7. The lowest BCUT2D eigenvalue weighted by atomic mass is 9.91. The summed E-state index contributed by atoms with van der Waals surface area (Å²) in [7, 11) is 0. The first kappa shape index (κ1) is 57.7. The lowest BCUT2D eigenvalue weighted by Gasteiger charge is -2.31. The van der Waals surface area contributed by atoms with Crippen LogP contribution in [0.5, 0.6) is 0 Å². The number of aliphatic hydroxyl groups is 2. The predicted octanol–water partition coefficient (Wildman–Crippen LogP) is 9.64. The monoisotopic (exact) mass is 988 g/mol. The molecule has 4 aliphatic heterocycles. The van der Waals surface area contributed by atoms with Gasteiger partial charge in [0.2, 0.25) is 0 Å². The van der Waals surface area contributed by atoms with Crippen LogP contribution in [0.15, 0.2) is 55.0 Å². The molecule has 2 saturated heterocycles. The molecule has 2 fully saturated rings. The smallest absolute Gasteiger partial charge is 0.257 e. The van der Waals surface area contributed by atoms with Crippen LogP contribution in [0.2, 0.25) is 0 Å². The Bertz CT molecular complexity index is 2680. The number of aromatic nitrogens is 6. The van der Waals surface area contributed by atoms with Gasteiger partial charge in [-0.3, -0.25) is 18.7 Å². The van der Waals surface area contributed by atoms with Gasteiger partial charge in [0.25, 0.3) is 11.1 Å². The maximum atomic E-state index is 13.4. The quantitative estimate of drug-likeness (QED) is 0.129. The third-order valence-electron chi connectivity index (χ3n) is 13.0. The Morgan fingerprint density at radius 2 is 1.12 bits per heavy atom. The highest BCUT2D eigenvalue weighted by atomic mass is 35.5. The van der Waals surface area contributed by atoms with Crippen molar-refractivity contribution in [2.45, 2.75) is 145 Å². The second kappa shape index (κ2) is 25.9. The molecule has 4 aromatic heterocycles. The molecule has 0 saturated carbocycles. The van der Waals surface area contributed by atoms with Crippen molar-refractivity contribution in [2.24, 2.45) is 0 Å². The maximum absolute atomic E-state index is 13.4. The van der Waals surface area contributed by atoms with Gasteiger partial charge >= 0.3 is 0 Å². The van der Waals surface area contributed by atoms with E-state index in [1.54, 1.807) is 28.2 Å². The van der Waals surface area contributed by atoms with E-state index in [1.807, 2.05) is 6.92 Å². The highest BCUT2D eigenvalue weighted by Gasteiger charge is 2.28. The van der Waals surface area contributed by atoms with E-state index in [0.29, 0.717) is 90.6 Å². The van der Waals surface area contributed by atoms with Gasteiger partial charge in [-0.05, 0) is 129 Å². The van der Waals surface area contributed by atoms with E-state index in [1.165, 1.54) is 24.3 Å². The van der Waals surface area contributed by atoms with Gasteiger partial charge in [-0.1, -0.05) is 40.0 Å². The van der Waals surface area contributed by atoms with E-state index in [2.05, 4.69) is 30.5 Å². The molecule has 0 bridgehead atoms. The van der Waals surface area contributed by atoms with E-state index >= 15 is 0 Å². The summed E-state index contributed by atoms with van der Waals surface area (Å²) in [6, 6.07) is 9.20. The zero-order chi connectivity index (χ0) is 44.2. The summed E-state index contributed by atoms with van der Waals surface area (Å²) >= 11 is 5.67. The molecule has 68 heavy (non-hydrogen) atoms. The summed E-state index contributed by atoms with van der Waals surface area (Å²) in [5.74, 6) is 1.57. The SMILES string of the molecule is C.C.C.C.Cc1nc2n(c(=O)c1CCCl)CCCC2O.Cc1nc2n(c(=O)c1CCN1CCC(c3noc4cc(F)ccc34)CC1)CCCC2O.Cl.Fc1ccc2c(C3CCNCC3)noc2c1. The Labute approximate surface area is 409 Å². The van der Waals surface area contributed by atoms with Crippen LogP contribution >= 0.6 is 24.0 Å². The van der Waals surface area contributed by atoms with E-state index in [4.69, 9.17) is 20.6 Å². The van der Waals surface area contributed by atoms with Gasteiger partial charge < -0.3 is 29.5 Å². The fraction of sp³-hybridized carbons (Fsp3) is 0.560. The maximum Gasteiger partial charge on any atom is 0.257 e. The Morgan fingerprint density at radius 3 is 1.57 bits per heavy atom. The van der Waals surface area contributed by atoms with Crippen LogP contribution < -0.4 is 16.4 Å². The van der Waals surface area contributed by atoms with Gasteiger partial charge in [0.1, 0.15) is 35.5 Å². The van der Waals surface area contributed by atoms with Crippen molar-refractivity contribution in [3.05, 3.63) is 114 Å². The van der Waals surface area contributed by atoms with Gasteiger partial charge in [0, 0.05) is 82.8 Å². The van der Waals surface area contributed by atoms with Crippen molar-refractivity contribution in [1.82, 2.24) is 39.6 Å². The number of hydrogen-bond donors (Lipinski definition) is 3. The molecule has 2 unspecified atom stereocenters. The topological polar surface area (TPSA) is 178 Å². The molecule has 6 aromatic rings. The average molecular weight is 990 g/mol. The van der Waals surface area contributed by atoms with E-state index < -0.39 is 12.2 Å². The standard InChI is InChI=1S/C23H27FN4O3.C12H13FN2O.C11H15ClN2O2.4CH4.ClH/c1-14-17(23(30)28-9-2-3-19(29)22(28)25-14)8-12-27-10-6-15(7-11-27)21-18-5-4-16(24)13-20(18)31-26-21;13-9-1-2-10-11(7-9)16-15-12(10)8-3-5-14-6-4-8;1-7-8(4-5-12)11(16)14-6-2-3-9(15)10(14)13-7;;;;;/h4-5,13,15,19,29H,2-3,6-12H2,1H3;1-2,7-8,14H,3-6H2;9,15H,2-6H2,1H3;4*1H4;1H. The van der Waals surface area contributed by atoms with Crippen molar-refractivity contribution >= 4 is 45.9 Å². The van der Waals surface area contributed by atoms with Crippen LogP contribution in [0.25, 0.3) is 21.9 Å². The normalized spacial score (nSPS) is 18.1. The van der Waals surface area contributed by atoms with Gasteiger partial charge in [-0.25, -0.2) is 18.7 Å². The Hall–Kier alpha value is -4.58. The summed E-state index contributed by atoms with van der Waals surface area (Å²) in [6.45, 7) is 9.60. The van der Waals surface area contributed by atoms with Crippen LogP contribution in [0.3, 0.4) is 0 Å². The summed E-state index contributed by atoms with van der Waals surface area (Å²) < 4.78 is 40.1. The van der Waals surface area contributed by atoms with Gasteiger partial charge in [0.05, 0.1) is 11.4 Å². The molecule has 8 heterocycles. The molecule has 2 atom stereocenters. The first-order valence-corrected chi connectivity index (χ1v) is 22.7. The summed E-state index contributed by atoms with van der Waals surface area (Å²) in [6.07, 6.45) is 6.95. The Balaban J connectivity index is 0.000000283. The number of fused-ring (bicyclic) bond motifs is 4. The molecule has 0 spiro atoms. The lowest BCUT2D eigenvalue weighted by molar-refractivity contribution is 0.129. The third-order valence-corrected chi connectivity index (χ3v) is 13.1. The second-order valence-corrected chi connectivity index (χ2v) is 17.4. The minimum Gasteiger partial charge on any atom is -0.385 e. The number of nitrogens with zero attached hydrogens (tertiary/aromatic N) is 7. The first-order chi connectivity index (χ1) is 30.5. The molecule has 2 aromatic carbocycles. The fourth-order valence-corrected chi connectivity index (χ4v) is 9.63. The number of halogens is 4. The zero-order valence-corrected chi connectivity index (χ0v) is 37.8. The van der Waals surface area contributed by atoms with Crippen LogP contribution in [0.4, 0.5) is 8.78 Å². The van der Waals surface area contributed by atoms with Crippen LogP contribution in [-0.2, 0) is 25.9 Å². The minimum atomic E-state index is -0.641. The van der Waals surface area contributed by atoms with E-state index in [9.17, 15) is 28.6 Å². The van der Waals surface area contributed by atoms with Crippen LogP contribution in [0.1, 0.15) is 151 Å². The predicted molar refractivity (Wildman–Crippen MR) is 268 cm³/mol. The molecule has 4 aliphatic rings. The molecule has 14 nitrogen and oxygen atoms in total. The summed E-state index contributed by atoms with van der Waals surface area (Å²) in [4.78, 5) is 36.3. The van der Waals surface area contributed by atoms with Crippen molar-refractivity contribution in [3.63, 3.8) is 0 Å². The second-order valence-electron chi connectivity index (χ2n) is 17.0. The van der Waals surface area contributed by atoms with E-state index in [0.717, 1.165) is 105 Å². The molecular formula is C50H72Cl2F2N8O6. The fourth-order valence-electron chi connectivity index (χ4n) is 9.44. The number of piperidine rings is 2. The largest absolute Gasteiger partial charge is 0.385 e. The van der Waals surface area contributed by atoms with Gasteiger partial charge in [0.15, 0.2) is 11.2 Å². The third kappa shape index (κ3) is 12.6. The zero-order valence-electron chi connectivity index (χ0n) is 36.2. The first-order valence-electron chi connectivity index (χ1n) is 22.2. The summed E-state index contributed by atoms with van der Waals surface area (Å²) in [5.41, 5.74) is 5.76. The Kier molecular flexibility index (Phi) is 22.0. The molecule has 376 valence electrons. The van der Waals surface area contributed by atoms with Crippen molar-refractivity contribution in [2.75, 3.05) is 38.6 Å². The number of alkyl halides is 1. The number of likely N-dealkylation sites (tertiary alicyclic amines) is 1. The number of aryl methyl sites for hydroxylation is 2. The highest BCUT2D eigenvalue weighted by Crippen LogP contribution is 2.34. The van der Waals surface area contributed by atoms with Crippen LogP contribution in [-0.4, -0.2) is 83.1 Å². The highest BCUT2D eigenvalue weighted by molar-refractivity contribution is 6.18. The van der Waals surface area contributed by atoms with Crippen molar-refractivity contribution < 1.29 is 28.0 Å². The Morgan fingerprint density at radius 1 is 0.676 bits per heavy atom. The summed E-state index contributed by atoms with van der Waals surface area (Å²) in [5, 5.41) is 33.4. The van der Waals surface area contributed by atoms with Crippen LogP contribution in [0, 0.1) is 25.5 Å². The van der Waals surface area contributed by atoms with Gasteiger partial charge in [-0.15, -0.1) is 24.0 Å². The molecule has 0 radical (unpaired) electrons. The lowest BCUT2D eigenvalue weighted by Crippen LogP contribution is -2.37. The molecule has 0 amide bonds. The number of aliphatic hydroxyl groups excluding tert-OH is 2.